The number of primary amides is 1. The molecule has 4 N–H and O–H groups in total. The van der Waals surface area contributed by atoms with Crippen LogP contribution in [0.15, 0.2) is 30.5 Å². The smallest absolute Gasteiger partial charge is 0.367 e. The first kappa shape index (κ1) is 30.8. The van der Waals surface area contributed by atoms with E-state index < -0.39 is 38.8 Å². The lowest BCUT2D eigenvalue weighted by atomic mass is 9.85. The summed E-state index contributed by atoms with van der Waals surface area (Å²) < 4.78 is 49.8. The Balaban J connectivity index is 1.59. The number of nitrogens with zero attached hydrogens (tertiary/aromatic N) is 3. The van der Waals surface area contributed by atoms with Crippen molar-refractivity contribution < 1.29 is 32.0 Å². The van der Waals surface area contributed by atoms with Crippen molar-refractivity contribution in [1.29, 1.82) is 0 Å². The summed E-state index contributed by atoms with van der Waals surface area (Å²) >= 11 is 0.404. The van der Waals surface area contributed by atoms with Crippen LogP contribution in [0.25, 0.3) is 0 Å². The van der Waals surface area contributed by atoms with E-state index >= 15 is 0 Å². The molecule has 1 aromatic heterocycles. The first-order valence-electron chi connectivity index (χ1n) is 12.7. The second-order valence-electron chi connectivity index (χ2n) is 10.8. The van der Waals surface area contributed by atoms with E-state index in [0.717, 1.165) is 30.1 Å². The van der Waals surface area contributed by atoms with Crippen molar-refractivity contribution in [3.63, 3.8) is 0 Å². The third-order valence-corrected chi connectivity index (χ3v) is 10.6. The molecule has 1 amide bonds. The van der Waals surface area contributed by atoms with Gasteiger partial charge < -0.3 is 20.4 Å². The highest BCUT2D eigenvalue weighted by Crippen LogP contribution is 2.44. The summed E-state index contributed by atoms with van der Waals surface area (Å²) in [5.41, 5.74) is 4.44. The van der Waals surface area contributed by atoms with Crippen molar-refractivity contribution in [2.24, 2.45) is 11.1 Å². The molecule has 2 saturated heterocycles. The van der Waals surface area contributed by atoms with Crippen LogP contribution >= 0.6 is 23.5 Å². The average Bonchev–Trinajstić information content (AvgIpc) is 3.55. The minimum Gasteiger partial charge on any atom is -0.367 e. The van der Waals surface area contributed by atoms with E-state index in [4.69, 9.17) is 20.2 Å². The third kappa shape index (κ3) is 6.81. The standard InChI is InChI=1S/C25H33F2N5O5S3/c1-23(2,3)22(34)37-31-10-8-24(9-11-31,14-19-38-12-13-39-19)32-15-18(20(28)33)21(30-32)29-17-6-4-16(5-7-17)25(26,27)40(35)36/h4-7,15,19H,8-14H2,1-3H3,(H2,28,33)(H,29,30)(H,35,36). The average molecular weight is 618 g/mol. The summed E-state index contributed by atoms with van der Waals surface area (Å²) in [4.78, 5) is 30.4. The van der Waals surface area contributed by atoms with Gasteiger partial charge in [-0.25, -0.2) is 9.00 Å². The van der Waals surface area contributed by atoms with Gasteiger partial charge in [0, 0.05) is 42.0 Å². The molecule has 15 heteroatoms. The van der Waals surface area contributed by atoms with Crippen LogP contribution in [0.5, 0.6) is 0 Å². The number of hydrogen-bond donors (Lipinski definition) is 3. The number of rotatable bonds is 9. The predicted octanol–water partition coefficient (Wildman–Crippen LogP) is 4.49. The highest BCUT2D eigenvalue weighted by Gasteiger charge is 2.43. The number of aromatic nitrogens is 2. The summed E-state index contributed by atoms with van der Waals surface area (Å²) in [6.07, 6.45) is 3.63. The van der Waals surface area contributed by atoms with Crippen molar-refractivity contribution >= 4 is 58.0 Å². The molecule has 0 radical (unpaired) electrons. The number of piperidine rings is 1. The first-order chi connectivity index (χ1) is 18.7. The van der Waals surface area contributed by atoms with E-state index in [2.05, 4.69) is 5.32 Å². The van der Waals surface area contributed by atoms with Crippen molar-refractivity contribution in [3.8, 4) is 0 Å². The maximum absolute atomic E-state index is 13.9. The van der Waals surface area contributed by atoms with Crippen LogP contribution in [0, 0.1) is 5.41 Å². The van der Waals surface area contributed by atoms with E-state index in [0.29, 0.717) is 36.2 Å². The molecular weight excluding hydrogens is 585 g/mol. The SMILES string of the molecule is CC(C)(C)C(=O)ON1CCC(CC2SCCS2)(n2cc(C(N)=O)c(Nc3ccc(C(F)(F)S(=O)O)cc3)n2)CC1. The van der Waals surface area contributed by atoms with Gasteiger partial charge in [-0.05, 0) is 64.3 Å². The van der Waals surface area contributed by atoms with Crippen molar-refractivity contribution in [2.75, 3.05) is 29.9 Å². The van der Waals surface area contributed by atoms with E-state index in [1.807, 2.05) is 23.5 Å². The van der Waals surface area contributed by atoms with Gasteiger partial charge >= 0.3 is 11.2 Å². The molecule has 40 heavy (non-hydrogen) atoms. The van der Waals surface area contributed by atoms with Crippen LogP contribution in [0.1, 0.15) is 56.0 Å². The molecule has 2 aromatic rings. The Bertz CT molecular complexity index is 1250. The molecule has 2 aliphatic rings. The topological polar surface area (TPSA) is 140 Å². The zero-order chi connectivity index (χ0) is 29.3. The van der Waals surface area contributed by atoms with Gasteiger partial charge in [-0.2, -0.15) is 13.9 Å². The molecule has 2 aliphatic heterocycles. The summed E-state index contributed by atoms with van der Waals surface area (Å²) in [5.74, 6) is 1.27. The number of carbonyl (C=O) groups excluding carboxylic acids is 2. The number of halogens is 2. The Hall–Kier alpha value is -2.20. The number of carbonyl (C=O) groups is 2. The number of nitrogens with two attached hydrogens (primary N) is 1. The Morgan fingerprint density at radius 1 is 1.20 bits per heavy atom. The van der Waals surface area contributed by atoms with E-state index in [1.165, 1.54) is 12.1 Å². The van der Waals surface area contributed by atoms with Gasteiger partial charge in [0.15, 0.2) is 5.82 Å². The molecule has 220 valence electrons. The molecular formula is C25H33F2N5O5S3. The summed E-state index contributed by atoms with van der Waals surface area (Å²) in [7, 11) is 0. The summed E-state index contributed by atoms with van der Waals surface area (Å²) in [5, 5.41) is 5.45. The van der Waals surface area contributed by atoms with Gasteiger partial charge in [-0.1, -0.05) is 0 Å². The number of hydrogen-bond acceptors (Lipinski definition) is 9. The van der Waals surface area contributed by atoms with Crippen LogP contribution in [-0.2, 0) is 31.5 Å². The van der Waals surface area contributed by atoms with Gasteiger partial charge in [0.05, 0.1) is 15.5 Å². The van der Waals surface area contributed by atoms with E-state index in [-0.39, 0.29) is 17.4 Å². The van der Waals surface area contributed by atoms with Gasteiger partial charge in [-0.3, -0.25) is 9.48 Å². The minimum absolute atomic E-state index is 0.138. The molecule has 10 nitrogen and oxygen atoms in total. The van der Waals surface area contributed by atoms with Gasteiger partial charge in [0.25, 0.3) is 5.91 Å². The number of thioether (sulfide) groups is 2. The number of hydroxylamine groups is 2. The zero-order valence-electron chi connectivity index (χ0n) is 22.4. The molecule has 0 aliphatic carbocycles. The molecule has 1 unspecified atom stereocenters. The lowest BCUT2D eigenvalue weighted by molar-refractivity contribution is -0.209. The lowest BCUT2D eigenvalue weighted by Crippen LogP contribution is -2.48. The molecule has 4 rings (SSSR count). The Kier molecular flexibility index (Phi) is 9.19. The summed E-state index contributed by atoms with van der Waals surface area (Å²) in [6, 6.07) is 4.68. The number of nitrogens with one attached hydrogen (secondary N) is 1. The third-order valence-electron chi connectivity index (χ3n) is 6.88. The minimum atomic E-state index is -3.92. The van der Waals surface area contributed by atoms with Crippen LogP contribution in [-0.4, -0.2) is 64.7 Å². The highest BCUT2D eigenvalue weighted by atomic mass is 32.2. The first-order valence-corrected chi connectivity index (χ1v) is 15.9. The fraction of sp³-hybridized carbons (Fsp3) is 0.560. The van der Waals surface area contributed by atoms with Crippen LogP contribution in [0.4, 0.5) is 20.3 Å². The van der Waals surface area contributed by atoms with Crippen molar-refractivity contribution in [1.82, 2.24) is 14.8 Å². The van der Waals surface area contributed by atoms with Gasteiger partial charge in [0.2, 0.25) is 11.1 Å². The fourth-order valence-corrected chi connectivity index (χ4v) is 7.94. The van der Waals surface area contributed by atoms with Gasteiger partial charge in [-0.15, -0.1) is 28.6 Å². The van der Waals surface area contributed by atoms with E-state index in [9.17, 15) is 22.6 Å². The van der Waals surface area contributed by atoms with Crippen molar-refractivity contribution in [3.05, 3.63) is 41.6 Å². The normalized spacial score (nSPS) is 19.4. The van der Waals surface area contributed by atoms with Crippen molar-refractivity contribution in [2.45, 2.75) is 55.4 Å². The number of alkyl halides is 2. The molecule has 1 aromatic carbocycles. The van der Waals surface area contributed by atoms with Gasteiger partial charge in [0.1, 0.15) is 5.56 Å². The molecule has 0 spiro atoms. The number of amides is 1. The Morgan fingerprint density at radius 2 is 1.80 bits per heavy atom. The quantitative estimate of drug-likeness (QED) is 0.345. The summed E-state index contributed by atoms with van der Waals surface area (Å²) in [6.45, 7) is 6.37. The largest absolute Gasteiger partial charge is 0.370 e. The maximum Gasteiger partial charge on any atom is 0.370 e. The van der Waals surface area contributed by atoms with Crippen LogP contribution in [0.2, 0.25) is 0 Å². The monoisotopic (exact) mass is 617 g/mol. The number of benzene rings is 1. The second kappa shape index (κ2) is 12.0. The number of anilines is 2. The maximum atomic E-state index is 13.9. The Labute approximate surface area is 242 Å². The second-order valence-corrected chi connectivity index (χ2v) is 14.8. The molecule has 2 fully saturated rings. The van der Waals surface area contributed by atoms with Crippen LogP contribution < -0.4 is 11.1 Å². The fourth-order valence-electron chi connectivity index (χ4n) is 4.48. The van der Waals surface area contributed by atoms with E-state index in [1.54, 1.807) is 36.7 Å². The predicted molar refractivity (Wildman–Crippen MR) is 153 cm³/mol. The molecule has 3 heterocycles. The van der Waals surface area contributed by atoms with Crippen LogP contribution in [0.3, 0.4) is 0 Å². The zero-order valence-corrected chi connectivity index (χ0v) is 24.8. The molecule has 1 atom stereocenters. The lowest BCUT2D eigenvalue weighted by Gasteiger charge is -2.42. The Morgan fingerprint density at radius 3 is 2.33 bits per heavy atom. The highest BCUT2D eigenvalue weighted by molar-refractivity contribution is 8.20. The molecule has 0 saturated carbocycles. The molecule has 0 bridgehead atoms.